The molecular weight excluding hydrogens is 213 g/mol. The summed E-state index contributed by atoms with van der Waals surface area (Å²) in [6.07, 6.45) is 0. The lowest BCUT2D eigenvalue weighted by atomic mass is 10.3. The SMILES string of the molecule is COc1n[nH]c2cc(Cl)nc(Cl)c12. The number of rotatable bonds is 1. The maximum absolute atomic E-state index is 5.85. The van der Waals surface area contributed by atoms with Crippen LogP contribution in [0.3, 0.4) is 0 Å². The van der Waals surface area contributed by atoms with Crippen LogP contribution in [-0.2, 0) is 0 Å². The summed E-state index contributed by atoms with van der Waals surface area (Å²) in [5, 5.41) is 7.88. The molecule has 0 aliphatic carbocycles. The van der Waals surface area contributed by atoms with E-state index in [2.05, 4.69) is 15.2 Å². The molecule has 0 aliphatic rings. The highest BCUT2D eigenvalue weighted by atomic mass is 35.5. The van der Waals surface area contributed by atoms with Crippen LogP contribution in [-0.4, -0.2) is 22.3 Å². The van der Waals surface area contributed by atoms with Gasteiger partial charge in [0.15, 0.2) is 0 Å². The number of nitrogens with one attached hydrogen (secondary N) is 1. The molecule has 2 rings (SSSR count). The molecule has 0 fully saturated rings. The molecular formula is C7H5Cl2N3O. The minimum Gasteiger partial charge on any atom is -0.479 e. The molecule has 2 aromatic rings. The van der Waals surface area contributed by atoms with Gasteiger partial charge in [-0.3, -0.25) is 5.10 Å². The summed E-state index contributed by atoms with van der Waals surface area (Å²) in [6, 6.07) is 1.64. The van der Waals surface area contributed by atoms with Crippen LogP contribution in [0.5, 0.6) is 5.88 Å². The van der Waals surface area contributed by atoms with Crippen LogP contribution < -0.4 is 4.74 Å². The number of pyridine rings is 1. The smallest absolute Gasteiger partial charge is 0.243 e. The zero-order valence-corrected chi connectivity index (χ0v) is 8.15. The van der Waals surface area contributed by atoms with Gasteiger partial charge in [0.1, 0.15) is 15.7 Å². The third kappa shape index (κ3) is 1.32. The molecule has 0 saturated heterocycles. The number of ether oxygens (including phenoxy) is 1. The first kappa shape index (κ1) is 8.59. The van der Waals surface area contributed by atoms with E-state index in [0.29, 0.717) is 21.9 Å². The van der Waals surface area contributed by atoms with Crippen molar-refractivity contribution in [1.82, 2.24) is 15.2 Å². The number of hydrogen-bond acceptors (Lipinski definition) is 3. The molecule has 1 N–H and O–H groups in total. The quantitative estimate of drug-likeness (QED) is 0.747. The van der Waals surface area contributed by atoms with Crippen molar-refractivity contribution in [1.29, 1.82) is 0 Å². The lowest BCUT2D eigenvalue weighted by Crippen LogP contribution is -1.84. The van der Waals surface area contributed by atoms with Crippen molar-refractivity contribution in [3.8, 4) is 5.88 Å². The first-order valence-electron chi connectivity index (χ1n) is 3.46. The molecule has 13 heavy (non-hydrogen) atoms. The van der Waals surface area contributed by atoms with Crippen molar-refractivity contribution in [2.45, 2.75) is 0 Å². The van der Waals surface area contributed by atoms with Gasteiger partial charge in [-0.1, -0.05) is 23.2 Å². The topological polar surface area (TPSA) is 50.8 Å². The Morgan fingerprint density at radius 2 is 2.23 bits per heavy atom. The van der Waals surface area contributed by atoms with Gasteiger partial charge in [0.2, 0.25) is 5.88 Å². The Kier molecular flexibility index (Phi) is 2.01. The number of methoxy groups -OCH3 is 1. The van der Waals surface area contributed by atoms with Crippen molar-refractivity contribution >= 4 is 34.1 Å². The van der Waals surface area contributed by atoms with Crippen LogP contribution in [0, 0.1) is 0 Å². The summed E-state index contributed by atoms with van der Waals surface area (Å²) in [5.41, 5.74) is 0.710. The van der Waals surface area contributed by atoms with Crippen LogP contribution in [0.4, 0.5) is 0 Å². The summed E-state index contributed by atoms with van der Waals surface area (Å²) < 4.78 is 4.98. The van der Waals surface area contributed by atoms with Crippen molar-refractivity contribution < 1.29 is 4.74 Å². The molecule has 2 heterocycles. The second kappa shape index (κ2) is 3.05. The molecule has 0 amide bonds. The Hall–Kier alpha value is -1.00. The molecule has 68 valence electrons. The fraction of sp³-hybridized carbons (Fsp3) is 0.143. The molecule has 0 bridgehead atoms. The monoisotopic (exact) mass is 217 g/mol. The largest absolute Gasteiger partial charge is 0.479 e. The average Bonchev–Trinajstić information content (AvgIpc) is 2.47. The highest BCUT2D eigenvalue weighted by Gasteiger charge is 2.11. The van der Waals surface area contributed by atoms with Crippen molar-refractivity contribution in [3.05, 3.63) is 16.4 Å². The van der Waals surface area contributed by atoms with Gasteiger partial charge < -0.3 is 4.74 Å². The van der Waals surface area contributed by atoms with E-state index >= 15 is 0 Å². The van der Waals surface area contributed by atoms with Gasteiger partial charge in [0, 0.05) is 6.07 Å². The van der Waals surface area contributed by atoms with Crippen LogP contribution >= 0.6 is 23.2 Å². The molecule has 0 atom stereocenters. The van der Waals surface area contributed by atoms with Crippen LogP contribution in [0.1, 0.15) is 0 Å². The highest BCUT2D eigenvalue weighted by Crippen LogP contribution is 2.29. The molecule has 6 heteroatoms. The Morgan fingerprint density at radius 3 is 2.92 bits per heavy atom. The summed E-state index contributed by atoms with van der Waals surface area (Å²) in [5.74, 6) is 0.421. The zero-order valence-electron chi connectivity index (χ0n) is 6.64. The van der Waals surface area contributed by atoms with E-state index in [1.807, 2.05) is 0 Å². The van der Waals surface area contributed by atoms with E-state index in [1.165, 1.54) is 7.11 Å². The van der Waals surface area contributed by atoms with Gasteiger partial charge in [-0.25, -0.2) is 4.98 Å². The molecule has 2 aromatic heterocycles. The molecule has 0 aliphatic heterocycles. The molecule has 0 saturated carbocycles. The summed E-state index contributed by atoms with van der Waals surface area (Å²) >= 11 is 11.5. The second-order valence-corrected chi connectivity index (χ2v) is 3.14. The first-order valence-corrected chi connectivity index (χ1v) is 4.22. The minimum absolute atomic E-state index is 0.285. The summed E-state index contributed by atoms with van der Waals surface area (Å²) in [4.78, 5) is 3.87. The fourth-order valence-electron chi connectivity index (χ4n) is 1.09. The third-order valence-electron chi connectivity index (χ3n) is 1.63. The number of nitrogens with zero attached hydrogens (tertiary/aromatic N) is 2. The number of aromatic nitrogens is 3. The third-order valence-corrected chi connectivity index (χ3v) is 2.10. The molecule has 4 nitrogen and oxygen atoms in total. The van der Waals surface area contributed by atoms with E-state index in [9.17, 15) is 0 Å². The minimum atomic E-state index is 0.285. The average molecular weight is 218 g/mol. The van der Waals surface area contributed by atoms with E-state index in [1.54, 1.807) is 6.07 Å². The van der Waals surface area contributed by atoms with Crippen molar-refractivity contribution in [3.63, 3.8) is 0 Å². The molecule has 0 unspecified atom stereocenters. The predicted octanol–water partition coefficient (Wildman–Crippen LogP) is 2.27. The lowest BCUT2D eigenvalue weighted by Gasteiger charge is -1.96. The number of fused-ring (bicyclic) bond motifs is 1. The Labute approximate surface area is 83.8 Å². The van der Waals surface area contributed by atoms with Crippen LogP contribution in [0.25, 0.3) is 10.9 Å². The van der Waals surface area contributed by atoms with Gasteiger partial charge in [-0.15, -0.1) is 5.10 Å². The maximum atomic E-state index is 5.85. The van der Waals surface area contributed by atoms with Gasteiger partial charge in [-0.05, 0) is 0 Å². The fourth-order valence-corrected chi connectivity index (χ4v) is 1.60. The van der Waals surface area contributed by atoms with Crippen LogP contribution in [0.2, 0.25) is 10.3 Å². The predicted molar refractivity (Wildman–Crippen MR) is 50.5 cm³/mol. The van der Waals surface area contributed by atoms with Gasteiger partial charge in [0.25, 0.3) is 0 Å². The van der Waals surface area contributed by atoms with Gasteiger partial charge in [0.05, 0.1) is 12.6 Å². The van der Waals surface area contributed by atoms with Crippen molar-refractivity contribution in [2.24, 2.45) is 0 Å². The summed E-state index contributed by atoms with van der Waals surface area (Å²) in [6.45, 7) is 0. The first-order chi connectivity index (χ1) is 6.22. The number of halogens is 2. The highest BCUT2D eigenvalue weighted by molar-refractivity contribution is 6.36. The maximum Gasteiger partial charge on any atom is 0.243 e. The zero-order chi connectivity index (χ0) is 9.42. The molecule has 0 aromatic carbocycles. The van der Waals surface area contributed by atoms with E-state index in [-0.39, 0.29) is 5.15 Å². The standard InChI is InChI=1S/C7H5Cl2N3O/c1-13-7-5-3(11-12-7)2-4(8)10-6(5)9/h2H,1H3,(H,11,12). The van der Waals surface area contributed by atoms with E-state index in [4.69, 9.17) is 27.9 Å². The van der Waals surface area contributed by atoms with Crippen molar-refractivity contribution in [2.75, 3.05) is 7.11 Å². The van der Waals surface area contributed by atoms with Crippen LogP contribution in [0.15, 0.2) is 6.07 Å². The number of hydrogen-bond donors (Lipinski definition) is 1. The van der Waals surface area contributed by atoms with Gasteiger partial charge >= 0.3 is 0 Å². The Bertz CT molecular complexity index is 454. The Balaban J connectivity index is 2.82. The molecule has 0 spiro atoms. The van der Waals surface area contributed by atoms with E-state index < -0.39 is 0 Å². The lowest BCUT2D eigenvalue weighted by molar-refractivity contribution is 0.401. The van der Waals surface area contributed by atoms with E-state index in [0.717, 1.165) is 0 Å². The number of aromatic amines is 1. The number of H-pyrrole nitrogens is 1. The summed E-state index contributed by atoms with van der Waals surface area (Å²) in [7, 11) is 1.51. The van der Waals surface area contributed by atoms with Gasteiger partial charge in [-0.2, -0.15) is 0 Å². The normalized spacial score (nSPS) is 10.7. The Morgan fingerprint density at radius 1 is 1.46 bits per heavy atom. The molecule has 0 radical (unpaired) electrons. The second-order valence-electron chi connectivity index (χ2n) is 2.39.